The molecule has 0 unspecified atom stereocenters. The fraction of sp³-hybridized carbons (Fsp3) is 0.200. The lowest BCUT2D eigenvalue weighted by molar-refractivity contribution is 0.445. The molecule has 2 heterocycles. The third kappa shape index (κ3) is 3.27. The van der Waals surface area contributed by atoms with Gasteiger partial charge in [0, 0.05) is 12.8 Å². The quantitative estimate of drug-likeness (QED) is 0.270. The summed E-state index contributed by atoms with van der Waals surface area (Å²) in [5.74, 6) is 4.13. The molecule has 3 aliphatic rings. The molecule has 0 amide bonds. The summed E-state index contributed by atoms with van der Waals surface area (Å²) in [6.07, 6.45) is 5.11. The molecule has 2 nitrogen and oxygen atoms in total. The molecular weight excluding hydrogens is 456 g/mol. The number of ether oxygens (including phenoxy) is 2. The van der Waals surface area contributed by atoms with Gasteiger partial charge < -0.3 is 9.47 Å². The minimum absolute atomic E-state index is 0.0252. The highest BCUT2D eigenvalue weighted by atomic mass is 32.2. The predicted octanol–water partition coefficient (Wildman–Crippen LogP) is 7.98. The maximum Gasteiger partial charge on any atom is 0.203 e. The molecule has 34 heavy (non-hydrogen) atoms. The van der Waals surface area contributed by atoms with E-state index in [4.69, 9.17) is 9.47 Å². The van der Waals surface area contributed by atoms with Crippen LogP contribution in [-0.4, -0.2) is 10.5 Å². The Hall–Kier alpha value is -2.82. The number of fused-ring (bicyclic) bond motifs is 4. The summed E-state index contributed by atoms with van der Waals surface area (Å²) in [6.45, 7) is 0. The van der Waals surface area contributed by atoms with Crippen molar-refractivity contribution < 1.29 is 9.47 Å². The second kappa shape index (κ2) is 8.44. The Bertz CT molecular complexity index is 1170. The second-order valence-corrected chi connectivity index (χ2v) is 13.3. The minimum atomic E-state index is -0.0252. The summed E-state index contributed by atoms with van der Waals surface area (Å²) in [6, 6.07) is 34.9. The molecule has 2 aliphatic heterocycles. The molecule has 2 atom stereocenters. The van der Waals surface area contributed by atoms with Crippen LogP contribution >= 0.6 is 0 Å². The van der Waals surface area contributed by atoms with Crippen LogP contribution in [0.25, 0.3) is 0 Å². The lowest BCUT2D eigenvalue weighted by Crippen LogP contribution is -2.43. The van der Waals surface area contributed by atoms with Crippen molar-refractivity contribution in [2.24, 2.45) is 0 Å². The van der Waals surface area contributed by atoms with Crippen molar-refractivity contribution in [1.82, 2.24) is 0 Å². The fourth-order valence-electron chi connectivity index (χ4n) is 5.59. The van der Waals surface area contributed by atoms with Crippen molar-refractivity contribution >= 4 is 21.8 Å². The molecule has 0 N–H and O–H groups in total. The van der Waals surface area contributed by atoms with E-state index in [2.05, 4.69) is 97.1 Å². The number of hydrogen-bond donors (Lipinski definition) is 0. The van der Waals surface area contributed by atoms with Crippen LogP contribution < -0.4 is 9.47 Å². The Kier molecular flexibility index (Phi) is 5.10. The normalized spacial score (nSPS) is 21.3. The molecule has 4 heteroatoms. The van der Waals surface area contributed by atoms with E-state index in [0.29, 0.717) is 10.5 Å². The van der Waals surface area contributed by atoms with Crippen LogP contribution in [0.3, 0.4) is 0 Å². The summed E-state index contributed by atoms with van der Waals surface area (Å²) in [4.78, 5) is 5.49. The molecular formula is C30H26O2S2+2. The van der Waals surface area contributed by atoms with Gasteiger partial charge in [-0.1, -0.05) is 48.5 Å². The molecule has 168 valence electrons. The molecule has 0 spiro atoms. The first-order valence-electron chi connectivity index (χ1n) is 12.1. The van der Waals surface area contributed by atoms with E-state index in [1.807, 2.05) is 0 Å². The van der Waals surface area contributed by atoms with Crippen molar-refractivity contribution in [3.8, 4) is 23.0 Å². The Balaban J connectivity index is 1.40. The average molecular weight is 483 g/mol. The van der Waals surface area contributed by atoms with Gasteiger partial charge in [0.2, 0.25) is 19.6 Å². The molecule has 1 saturated carbocycles. The summed E-state index contributed by atoms with van der Waals surface area (Å²) in [7, 11) is -0.0504. The van der Waals surface area contributed by atoms with Gasteiger partial charge in [0.1, 0.15) is 0 Å². The first kappa shape index (κ1) is 20.5. The van der Waals surface area contributed by atoms with E-state index in [9.17, 15) is 0 Å². The van der Waals surface area contributed by atoms with Crippen LogP contribution in [0.5, 0.6) is 23.0 Å². The van der Waals surface area contributed by atoms with Crippen molar-refractivity contribution in [2.75, 3.05) is 0 Å². The van der Waals surface area contributed by atoms with Crippen molar-refractivity contribution in [1.29, 1.82) is 0 Å². The van der Waals surface area contributed by atoms with E-state index < -0.39 is 0 Å². The molecule has 1 fully saturated rings. The van der Waals surface area contributed by atoms with Crippen molar-refractivity contribution in [2.45, 2.75) is 55.8 Å². The zero-order valence-electron chi connectivity index (χ0n) is 18.9. The highest BCUT2D eigenvalue weighted by Gasteiger charge is 2.56. The zero-order chi connectivity index (χ0) is 22.5. The van der Waals surface area contributed by atoms with E-state index in [0.717, 1.165) is 23.0 Å². The van der Waals surface area contributed by atoms with Gasteiger partial charge >= 0.3 is 0 Å². The van der Waals surface area contributed by atoms with Crippen LogP contribution in [0, 0.1) is 0 Å². The monoisotopic (exact) mass is 482 g/mol. The topological polar surface area (TPSA) is 18.5 Å². The maximum absolute atomic E-state index is 6.38. The Labute approximate surface area is 206 Å². The molecule has 0 saturated heterocycles. The van der Waals surface area contributed by atoms with Gasteiger partial charge in [0.25, 0.3) is 0 Å². The summed E-state index contributed by atoms with van der Waals surface area (Å²) >= 11 is 0. The minimum Gasteiger partial charge on any atom is -0.447 e. The summed E-state index contributed by atoms with van der Waals surface area (Å²) in [5.41, 5.74) is 0. The first-order valence-corrected chi connectivity index (χ1v) is 14.6. The highest BCUT2D eigenvalue weighted by Crippen LogP contribution is 2.53. The molecule has 0 radical (unpaired) electrons. The number of rotatable bonds is 2. The van der Waals surface area contributed by atoms with Crippen LogP contribution in [-0.2, 0) is 21.8 Å². The fourth-order valence-corrected chi connectivity index (χ4v) is 11.9. The lowest BCUT2D eigenvalue weighted by Gasteiger charge is -2.33. The largest absolute Gasteiger partial charge is 0.447 e. The zero-order valence-corrected chi connectivity index (χ0v) is 20.5. The van der Waals surface area contributed by atoms with Gasteiger partial charge in [0.05, 0.1) is 21.8 Å². The van der Waals surface area contributed by atoms with Crippen molar-refractivity contribution in [3.63, 3.8) is 0 Å². The Morgan fingerprint density at radius 2 is 0.735 bits per heavy atom. The standard InChI is InChI=1S/C30H26O2S2/c1-5-15-25-21(11-1)31-22-12-2-6-16-26(22)33(25)29-19-9-10-20-30(29)34-27-17-7-3-13-23(27)32-24-14-4-8-18-28(24)34/h1-8,11-18,29-30H,9-10,19-20H2/q+2/t29-,30-/m1/s1. The van der Waals surface area contributed by atoms with Gasteiger partial charge in [-0.15, -0.1) is 0 Å². The van der Waals surface area contributed by atoms with E-state index in [1.165, 1.54) is 45.3 Å². The molecule has 1 aliphatic carbocycles. The first-order chi connectivity index (χ1) is 16.9. The van der Waals surface area contributed by atoms with Gasteiger partial charge in [-0.05, 0) is 61.4 Å². The molecule has 4 aromatic rings. The van der Waals surface area contributed by atoms with Gasteiger partial charge in [-0.25, -0.2) is 0 Å². The number of hydrogen-bond acceptors (Lipinski definition) is 2. The van der Waals surface area contributed by atoms with Gasteiger partial charge in [-0.3, -0.25) is 0 Å². The number of benzene rings is 4. The van der Waals surface area contributed by atoms with Crippen LogP contribution in [0.2, 0.25) is 0 Å². The third-order valence-corrected chi connectivity index (χ3v) is 12.8. The van der Waals surface area contributed by atoms with Crippen LogP contribution in [0.1, 0.15) is 25.7 Å². The third-order valence-electron chi connectivity index (χ3n) is 7.03. The SMILES string of the molecule is c1ccc2c(c1)Oc1ccccc1[S+]2[C@@H]1CCCC[C@H]1[S+]1c2ccccc2Oc2ccccc21. The number of para-hydroxylation sites is 4. The molecule has 4 aromatic carbocycles. The predicted molar refractivity (Wildman–Crippen MR) is 140 cm³/mol. The summed E-state index contributed by atoms with van der Waals surface area (Å²) in [5, 5.41) is 1.14. The van der Waals surface area contributed by atoms with Gasteiger partial charge in [-0.2, -0.15) is 0 Å². The lowest BCUT2D eigenvalue weighted by atomic mass is 10.00. The smallest absolute Gasteiger partial charge is 0.203 e. The van der Waals surface area contributed by atoms with Crippen molar-refractivity contribution in [3.05, 3.63) is 97.1 Å². The maximum atomic E-state index is 6.38. The average Bonchev–Trinajstić information content (AvgIpc) is 2.90. The molecule has 7 rings (SSSR count). The van der Waals surface area contributed by atoms with Crippen LogP contribution in [0.15, 0.2) is 117 Å². The van der Waals surface area contributed by atoms with E-state index in [-0.39, 0.29) is 21.8 Å². The summed E-state index contributed by atoms with van der Waals surface area (Å²) < 4.78 is 12.8. The Morgan fingerprint density at radius 3 is 1.06 bits per heavy atom. The van der Waals surface area contributed by atoms with E-state index in [1.54, 1.807) is 0 Å². The highest BCUT2D eigenvalue weighted by molar-refractivity contribution is 8.01. The Morgan fingerprint density at radius 1 is 0.441 bits per heavy atom. The van der Waals surface area contributed by atoms with Gasteiger partial charge in [0.15, 0.2) is 33.5 Å². The molecule has 0 bridgehead atoms. The van der Waals surface area contributed by atoms with Crippen LogP contribution in [0.4, 0.5) is 0 Å². The van der Waals surface area contributed by atoms with E-state index >= 15 is 0 Å². The molecule has 0 aromatic heterocycles. The second-order valence-electron chi connectivity index (χ2n) is 9.03.